The number of aryl methyl sites for hydroxylation is 2. The van der Waals surface area contributed by atoms with Crippen LogP contribution in [0.15, 0.2) is 48.7 Å². The van der Waals surface area contributed by atoms with Gasteiger partial charge in [-0.05, 0) is 43.0 Å². The van der Waals surface area contributed by atoms with E-state index in [1.54, 1.807) is 6.20 Å². The van der Waals surface area contributed by atoms with Gasteiger partial charge in [0, 0.05) is 24.8 Å². The first-order chi connectivity index (χ1) is 14.6. The quantitative estimate of drug-likeness (QED) is 0.485. The molecule has 0 spiro atoms. The second-order valence-corrected chi connectivity index (χ2v) is 8.05. The molecule has 4 aromatic rings. The lowest BCUT2D eigenvalue weighted by Crippen LogP contribution is -2.42. The molecule has 7 heteroatoms. The first-order valence-electron chi connectivity index (χ1n) is 10.2. The minimum absolute atomic E-state index is 0.193. The van der Waals surface area contributed by atoms with Crippen LogP contribution < -0.4 is 16.0 Å². The van der Waals surface area contributed by atoms with Crippen LogP contribution in [0, 0.1) is 13.8 Å². The Kier molecular flexibility index (Phi) is 4.50. The number of rotatable bonds is 4. The van der Waals surface area contributed by atoms with Crippen LogP contribution in [0.3, 0.4) is 0 Å². The van der Waals surface area contributed by atoms with Gasteiger partial charge >= 0.3 is 0 Å². The number of para-hydroxylation sites is 1. The Morgan fingerprint density at radius 1 is 1.17 bits per heavy atom. The zero-order valence-corrected chi connectivity index (χ0v) is 17.2. The molecule has 3 heterocycles. The smallest absolute Gasteiger partial charge is 0.224 e. The van der Waals surface area contributed by atoms with Crippen LogP contribution in [0.4, 0.5) is 17.5 Å². The molecule has 1 aliphatic heterocycles. The third-order valence-corrected chi connectivity index (χ3v) is 5.77. The van der Waals surface area contributed by atoms with E-state index < -0.39 is 0 Å². The van der Waals surface area contributed by atoms with E-state index in [9.17, 15) is 0 Å². The molecule has 0 saturated carbocycles. The van der Waals surface area contributed by atoms with E-state index >= 15 is 0 Å². The zero-order valence-electron chi connectivity index (χ0n) is 17.2. The van der Waals surface area contributed by atoms with Crippen molar-refractivity contribution in [2.24, 2.45) is 0 Å². The lowest BCUT2D eigenvalue weighted by atomic mass is 9.96. The predicted molar refractivity (Wildman–Crippen MR) is 121 cm³/mol. The van der Waals surface area contributed by atoms with Crippen LogP contribution in [-0.4, -0.2) is 32.8 Å². The molecule has 2 aromatic carbocycles. The van der Waals surface area contributed by atoms with E-state index in [0.717, 1.165) is 30.7 Å². The summed E-state index contributed by atoms with van der Waals surface area (Å²) in [5, 5.41) is 11.4. The minimum atomic E-state index is 0.193. The molecule has 1 unspecified atom stereocenters. The molecule has 2 aromatic heterocycles. The lowest BCUT2D eigenvalue weighted by Gasteiger charge is -2.37. The summed E-state index contributed by atoms with van der Waals surface area (Å²) in [6.45, 7) is 6.06. The Morgan fingerprint density at radius 2 is 2.03 bits per heavy atom. The van der Waals surface area contributed by atoms with Crippen molar-refractivity contribution in [2.75, 3.05) is 22.5 Å². The van der Waals surface area contributed by atoms with Gasteiger partial charge in [0.1, 0.15) is 5.82 Å². The Balaban J connectivity index is 1.46. The van der Waals surface area contributed by atoms with Crippen molar-refractivity contribution in [3.05, 3.63) is 70.9 Å². The van der Waals surface area contributed by atoms with Gasteiger partial charge in [-0.1, -0.05) is 42.0 Å². The molecule has 7 nitrogen and oxygen atoms in total. The number of aromatic amines is 1. The molecule has 0 saturated heterocycles. The van der Waals surface area contributed by atoms with Gasteiger partial charge in [0.25, 0.3) is 0 Å². The largest absolute Gasteiger partial charge is 0.368 e. The Bertz CT molecular complexity index is 1210. The number of anilines is 3. The number of hydrogen-bond acceptors (Lipinski definition) is 6. The first-order valence-corrected chi connectivity index (χ1v) is 10.2. The van der Waals surface area contributed by atoms with Crippen molar-refractivity contribution in [3.63, 3.8) is 0 Å². The number of aromatic nitrogens is 4. The highest BCUT2D eigenvalue weighted by Gasteiger charge is 2.25. The summed E-state index contributed by atoms with van der Waals surface area (Å²) in [4.78, 5) is 11.1. The van der Waals surface area contributed by atoms with Crippen molar-refractivity contribution >= 4 is 28.5 Å². The number of nitrogen functional groups attached to an aromatic ring is 1. The summed E-state index contributed by atoms with van der Waals surface area (Å²) in [5.74, 6) is 0.958. The maximum absolute atomic E-state index is 5.90. The summed E-state index contributed by atoms with van der Waals surface area (Å²) in [7, 11) is 0. The molecule has 0 amide bonds. The van der Waals surface area contributed by atoms with Gasteiger partial charge < -0.3 is 16.0 Å². The van der Waals surface area contributed by atoms with Crippen LogP contribution in [0.5, 0.6) is 0 Å². The molecular weight excluding hydrogens is 374 g/mol. The van der Waals surface area contributed by atoms with Crippen LogP contribution in [0.1, 0.15) is 22.3 Å². The number of hydrogen-bond donors (Lipinski definition) is 3. The molecule has 0 bridgehead atoms. The van der Waals surface area contributed by atoms with Crippen molar-refractivity contribution in [2.45, 2.75) is 32.9 Å². The SMILES string of the molecule is Cc1ccc(CN2CC(Nc3nc(N)nc4[nH]ncc34)Cc3ccccc32)c(C)c1. The van der Waals surface area contributed by atoms with Gasteiger partial charge in [-0.15, -0.1) is 0 Å². The van der Waals surface area contributed by atoms with Gasteiger partial charge in [0.15, 0.2) is 5.65 Å². The van der Waals surface area contributed by atoms with Crippen LogP contribution >= 0.6 is 0 Å². The van der Waals surface area contributed by atoms with Crippen LogP contribution in [0.25, 0.3) is 11.0 Å². The highest BCUT2D eigenvalue weighted by Crippen LogP contribution is 2.31. The summed E-state index contributed by atoms with van der Waals surface area (Å²) in [5.41, 5.74) is 13.1. The van der Waals surface area contributed by atoms with Gasteiger partial charge in [0.2, 0.25) is 5.95 Å². The fourth-order valence-corrected chi connectivity index (χ4v) is 4.32. The number of H-pyrrole nitrogens is 1. The van der Waals surface area contributed by atoms with Crippen LogP contribution in [-0.2, 0) is 13.0 Å². The predicted octanol–water partition coefficient (Wildman–Crippen LogP) is 3.60. The van der Waals surface area contributed by atoms with Gasteiger partial charge in [-0.25, -0.2) is 0 Å². The third-order valence-electron chi connectivity index (χ3n) is 5.77. The van der Waals surface area contributed by atoms with E-state index in [1.165, 1.54) is 27.9 Å². The van der Waals surface area contributed by atoms with E-state index in [0.29, 0.717) is 5.65 Å². The highest BCUT2D eigenvalue weighted by molar-refractivity contribution is 5.87. The highest BCUT2D eigenvalue weighted by atomic mass is 15.2. The molecule has 30 heavy (non-hydrogen) atoms. The Hall–Kier alpha value is -3.61. The molecule has 0 fully saturated rings. The topological polar surface area (TPSA) is 95.7 Å². The second-order valence-electron chi connectivity index (χ2n) is 8.05. The number of nitrogens with zero attached hydrogens (tertiary/aromatic N) is 4. The maximum atomic E-state index is 5.90. The fraction of sp³-hybridized carbons (Fsp3) is 0.261. The number of fused-ring (bicyclic) bond motifs is 2. The average Bonchev–Trinajstić information content (AvgIpc) is 3.19. The van der Waals surface area contributed by atoms with Gasteiger partial charge in [-0.2, -0.15) is 15.1 Å². The molecule has 1 aliphatic rings. The van der Waals surface area contributed by atoms with E-state index in [4.69, 9.17) is 5.73 Å². The van der Waals surface area contributed by atoms with E-state index in [2.05, 4.69) is 86.7 Å². The Morgan fingerprint density at radius 3 is 2.90 bits per heavy atom. The van der Waals surface area contributed by atoms with Gasteiger partial charge in [0.05, 0.1) is 11.6 Å². The number of benzene rings is 2. The normalized spacial score (nSPS) is 15.9. The molecule has 0 aliphatic carbocycles. The second kappa shape index (κ2) is 7.33. The summed E-state index contributed by atoms with van der Waals surface area (Å²) >= 11 is 0. The molecule has 0 radical (unpaired) electrons. The van der Waals surface area contributed by atoms with Crippen molar-refractivity contribution in [3.8, 4) is 0 Å². The van der Waals surface area contributed by atoms with Crippen molar-refractivity contribution < 1.29 is 0 Å². The average molecular weight is 400 g/mol. The number of nitrogens with one attached hydrogen (secondary N) is 2. The molecule has 4 N–H and O–H groups in total. The number of nitrogens with two attached hydrogens (primary N) is 1. The third kappa shape index (κ3) is 3.43. The fourth-order valence-electron chi connectivity index (χ4n) is 4.32. The van der Waals surface area contributed by atoms with Crippen LogP contribution in [0.2, 0.25) is 0 Å². The lowest BCUT2D eigenvalue weighted by molar-refractivity contribution is 0.627. The standard InChI is InChI=1S/C23H25N7/c1-14-7-8-17(15(2)9-14)12-30-13-18(10-16-5-3-4-6-20(16)30)26-21-19-11-25-29-22(19)28-23(24)27-21/h3-9,11,18H,10,12-13H2,1-2H3,(H4,24,25,26,27,28,29). The summed E-state index contributed by atoms with van der Waals surface area (Å²) in [6, 6.07) is 15.5. The van der Waals surface area contributed by atoms with E-state index in [-0.39, 0.29) is 12.0 Å². The molecular formula is C23H25N7. The zero-order chi connectivity index (χ0) is 20.7. The monoisotopic (exact) mass is 399 g/mol. The van der Waals surface area contributed by atoms with Crippen molar-refractivity contribution in [1.82, 2.24) is 20.2 Å². The first kappa shape index (κ1) is 18.4. The molecule has 1 atom stereocenters. The maximum Gasteiger partial charge on any atom is 0.224 e. The minimum Gasteiger partial charge on any atom is -0.368 e. The van der Waals surface area contributed by atoms with E-state index in [1.807, 2.05) is 0 Å². The van der Waals surface area contributed by atoms with Gasteiger partial charge in [-0.3, -0.25) is 5.10 Å². The Labute approximate surface area is 175 Å². The molecule has 5 rings (SSSR count). The summed E-state index contributed by atoms with van der Waals surface area (Å²) in [6.07, 6.45) is 2.66. The summed E-state index contributed by atoms with van der Waals surface area (Å²) < 4.78 is 0. The van der Waals surface area contributed by atoms with Crippen molar-refractivity contribution in [1.29, 1.82) is 0 Å². The molecule has 152 valence electrons.